The Morgan fingerprint density at radius 1 is 1.07 bits per heavy atom. The topological polar surface area (TPSA) is 18.5 Å². The smallest absolute Gasteiger partial charge is 0.399 e. The monoisotopic (exact) mass is 222 g/mol. The molecule has 0 aromatic rings. The molecule has 1 rings (SSSR count). The average molecular weight is 222 g/mol. The molecule has 0 radical (unpaired) electrons. The fraction of sp³-hybridized carbons (Fsp3) is 0.778. The first-order valence-corrected chi connectivity index (χ1v) is 4.59. The Balaban J connectivity index is 2.85. The van der Waals surface area contributed by atoms with E-state index >= 15 is 0 Å². The molecule has 0 saturated carbocycles. The summed E-state index contributed by atoms with van der Waals surface area (Å²) in [5.41, 5.74) is -2.54. The van der Waals surface area contributed by atoms with Gasteiger partial charge in [0.15, 0.2) is 0 Å². The molecule has 0 spiro atoms. The van der Waals surface area contributed by atoms with Crippen LogP contribution in [0.2, 0.25) is 0 Å². The zero-order valence-electron chi connectivity index (χ0n) is 9.23. The molecule has 0 aromatic heterocycles. The number of rotatable bonds is 1. The Morgan fingerprint density at radius 3 is 1.67 bits per heavy atom. The van der Waals surface area contributed by atoms with Crippen molar-refractivity contribution in [1.29, 1.82) is 0 Å². The molecule has 0 unspecified atom stereocenters. The summed E-state index contributed by atoms with van der Waals surface area (Å²) < 4.78 is 47.5. The molecule has 1 fully saturated rings. The Kier molecular flexibility index (Phi) is 2.73. The largest absolute Gasteiger partial charge is 0.499 e. The van der Waals surface area contributed by atoms with Gasteiger partial charge in [-0.2, -0.15) is 13.2 Å². The minimum atomic E-state index is -4.48. The lowest BCUT2D eigenvalue weighted by atomic mass is 9.79. The van der Waals surface area contributed by atoms with E-state index in [1.807, 2.05) is 0 Å². The third-order valence-electron chi connectivity index (χ3n) is 2.90. The van der Waals surface area contributed by atoms with Gasteiger partial charge in [0.1, 0.15) is 0 Å². The molecule has 2 nitrogen and oxygen atoms in total. The fourth-order valence-corrected chi connectivity index (χ4v) is 1.12. The Hall–Kier alpha value is -0.485. The number of halogens is 3. The molecule has 0 N–H and O–H groups in total. The summed E-state index contributed by atoms with van der Waals surface area (Å²) in [5.74, 6) is 0. The van der Waals surface area contributed by atoms with Crippen LogP contribution in [0.15, 0.2) is 12.1 Å². The zero-order valence-corrected chi connectivity index (χ0v) is 9.23. The van der Waals surface area contributed by atoms with Crippen LogP contribution in [0.3, 0.4) is 0 Å². The third kappa shape index (κ3) is 2.20. The maximum atomic E-state index is 12.3. The predicted octanol–water partition coefficient (Wildman–Crippen LogP) is 2.74. The van der Waals surface area contributed by atoms with Crippen LogP contribution in [0, 0.1) is 0 Å². The van der Waals surface area contributed by atoms with Crippen LogP contribution < -0.4 is 0 Å². The summed E-state index contributed by atoms with van der Waals surface area (Å²) in [5, 5.41) is 0. The maximum absolute atomic E-state index is 12.3. The quantitative estimate of drug-likeness (QED) is 0.635. The number of hydrogen-bond acceptors (Lipinski definition) is 2. The zero-order chi connectivity index (χ0) is 12.1. The summed E-state index contributed by atoms with van der Waals surface area (Å²) in [6, 6.07) is 0. The van der Waals surface area contributed by atoms with Crippen LogP contribution in [0.4, 0.5) is 13.2 Å². The van der Waals surface area contributed by atoms with Crippen molar-refractivity contribution in [2.24, 2.45) is 0 Å². The number of hydrogen-bond donors (Lipinski definition) is 0. The summed E-state index contributed by atoms with van der Waals surface area (Å²) in [6.07, 6.45) is -4.48. The van der Waals surface area contributed by atoms with E-state index in [0.29, 0.717) is 0 Å². The van der Waals surface area contributed by atoms with E-state index in [-0.39, 0.29) is 0 Å². The lowest BCUT2D eigenvalue weighted by Gasteiger charge is -2.32. The Labute approximate surface area is 87.6 Å². The van der Waals surface area contributed by atoms with E-state index in [9.17, 15) is 13.2 Å². The summed E-state index contributed by atoms with van der Waals surface area (Å²) in [6.45, 7) is 9.73. The lowest BCUT2D eigenvalue weighted by molar-refractivity contribution is -0.0875. The van der Waals surface area contributed by atoms with Gasteiger partial charge in [0, 0.05) is 0 Å². The summed E-state index contributed by atoms with van der Waals surface area (Å²) in [7, 11) is -1.41. The van der Waals surface area contributed by atoms with Crippen molar-refractivity contribution in [3.8, 4) is 0 Å². The number of alkyl halides is 3. The van der Waals surface area contributed by atoms with Gasteiger partial charge < -0.3 is 9.31 Å². The molecule has 15 heavy (non-hydrogen) atoms. The molecule has 0 amide bonds. The first-order chi connectivity index (χ1) is 6.47. The van der Waals surface area contributed by atoms with Crippen LogP contribution >= 0.6 is 0 Å². The van der Waals surface area contributed by atoms with Crippen LogP contribution in [0.25, 0.3) is 0 Å². The molecular weight excluding hydrogens is 208 g/mol. The highest BCUT2D eigenvalue weighted by Crippen LogP contribution is 2.41. The molecule has 0 aliphatic carbocycles. The van der Waals surface area contributed by atoms with Gasteiger partial charge in [-0.25, -0.2) is 0 Å². The van der Waals surface area contributed by atoms with Crippen molar-refractivity contribution in [2.45, 2.75) is 45.1 Å². The van der Waals surface area contributed by atoms with Gasteiger partial charge in [-0.1, -0.05) is 6.58 Å². The second kappa shape index (κ2) is 3.25. The third-order valence-corrected chi connectivity index (χ3v) is 2.90. The molecule has 1 aliphatic heterocycles. The summed E-state index contributed by atoms with van der Waals surface area (Å²) in [4.78, 5) is 0. The molecule has 0 bridgehead atoms. The first-order valence-electron chi connectivity index (χ1n) is 4.59. The van der Waals surface area contributed by atoms with E-state index < -0.39 is 30.0 Å². The molecule has 0 aromatic carbocycles. The highest BCUT2D eigenvalue weighted by Gasteiger charge is 2.56. The van der Waals surface area contributed by atoms with Crippen LogP contribution in [-0.2, 0) is 9.31 Å². The van der Waals surface area contributed by atoms with Crippen LogP contribution in [-0.4, -0.2) is 24.5 Å². The molecular formula is C9H14BF3O2. The summed E-state index contributed by atoms with van der Waals surface area (Å²) >= 11 is 0. The molecule has 0 atom stereocenters. The molecule has 1 saturated heterocycles. The van der Waals surface area contributed by atoms with Gasteiger partial charge in [0.25, 0.3) is 0 Å². The van der Waals surface area contributed by atoms with Crippen molar-refractivity contribution in [1.82, 2.24) is 0 Å². The second-order valence-electron chi connectivity index (χ2n) is 4.61. The maximum Gasteiger partial charge on any atom is 0.499 e. The van der Waals surface area contributed by atoms with Crippen molar-refractivity contribution in [3.05, 3.63) is 12.1 Å². The van der Waals surface area contributed by atoms with Gasteiger partial charge in [-0.05, 0) is 27.7 Å². The van der Waals surface area contributed by atoms with Gasteiger partial charge in [-0.15, -0.1) is 0 Å². The van der Waals surface area contributed by atoms with Crippen LogP contribution in [0.5, 0.6) is 0 Å². The standard InChI is InChI=1S/C9H14BF3O2/c1-6(9(11,12)13)10-14-7(2,3)8(4,5)15-10/h1H2,2-5H3. The minimum absolute atomic E-state index is 0.772. The van der Waals surface area contributed by atoms with Gasteiger partial charge in [0.05, 0.1) is 16.7 Å². The highest BCUT2D eigenvalue weighted by atomic mass is 19.4. The van der Waals surface area contributed by atoms with E-state index in [1.165, 1.54) is 0 Å². The van der Waals surface area contributed by atoms with Gasteiger partial charge in [-0.3, -0.25) is 0 Å². The van der Waals surface area contributed by atoms with E-state index in [1.54, 1.807) is 27.7 Å². The van der Waals surface area contributed by atoms with Crippen molar-refractivity contribution in [3.63, 3.8) is 0 Å². The molecule has 1 heterocycles. The second-order valence-corrected chi connectivity index (χ2v) is 4.61. The van der Waals surface area contributed by atoms with Crippen molar-refractivity contribution < 1.29 is 22.5 Å². The first kappa shape index (κ1) is 12.6. The molecule has 1 aliphatic rings. The normalized spacial score (nSPS) is 24.3. The Morgan fingerprint density at radius 2 is 1.40 bits per heavy atom. The van der Waals surface area contributed by atoms with Crippen molar-refractivity contribution >= 4 is 7.12 Å². The number of allylic oxidation sites excluding steroid dienone is 1. The lowest BCUT2D eigenvalue weighted by Crippen LogP contribution is -2.41. The van der Waals surface area contributed by atoms with E-state index in [2.05, 4.69) is 6.58 Å². The van der Waals surface area contributed by atoms with Gasteiger partial charge in [0.2, 0.25) is 0 Å². The van der Waals surface area contributed by atoms with E-state index in [0.717, 1.165) is 0 Å². The van der Waals surface area contributed by atoms with Gasteiger partial charge >= 0.3 is 13.3 Å². The SMILES string of the molecule is C=C(B1OC(C)(C)C(C)(C)O1)C(F)(F)F. The van der Waals surface area contributed by atoms with Crippen LogP contribution in [0.1, 0.15) is 27.7 Å². The average Bonchev–Trinajstić information content (AvgIpc) is 2.18. The predicted molar refractivity (Wildman–Crippen MR) is 51.3 cm³/mol. The van der Waals surface area contributed by atoms with Crippen molar-refractivity contribution in [2.75, 3.05) is 0 Å². The Bertz CT molecular complexity index is 268. The van der Waals surface area contributed by atoms with E-state index in [4.69, 9.17) is 9.31 Å². The highest BCUT2D eigenvalue weighted by molar-refractivity contribution is 6.54. The molecule has 86 valence electrons. The molecule has 6 heteroatoms. The fourth-order valence-electron chi connectivity index (χ4n) is 1.12. The minimum Gasteiger partial charge on any atom is -0.399 e.